The summed E-state index contributed by atoms with van der Waals surface area (Å²) >= 11 is 0. The van der Waals surface area contributed by atoms with E-state index in [-0.39, 0.29) is 18.0 Å². The molecule has 0 saturated carbocycles. The lowest BCUT2D eigenvalue weighted by Crippen LogP contribution is -2.40. The molecule has 1 N–H and O–H groups in total. The van der Waals surface area contributed by atoms with E-state index in [2.05, 4.69) is 46.3 Å². The first kappa shape index (κ1) is 28.0. The van der Waals surface area contributed by atoms with Gasteiger partial charge in [-0.25, -0.2) is 13.8 Å². The summed E-state index contributed by atoms with van der Waals surface area (Å²) in [6.45, 7) is 7.78. The van der Waals surface area contributed by atoms with Gasteiger partial charge in [0.15, 0.2) is 0 Å². The molecule has 39 heavy (non-hydrogen) atoms. The molecule has 0 atom stereocenters. The third-order valence-corrected chi connectivity index (χ3v) is 8.49. The van der Waals surface area contributed by atoms with Crippen LogP contribution < -0.4 is 5.43 Å². The number of carbonyl (C=O) groups is 1. The predicted molar refractivity (Wildman–Crippen MR) is 156 cm³/mol. The number of sulfonamides is 1. The molecule has 0 fully saturated rings. The van der Waals surface area contributed by atoms with Gasteiger partial charge in [-0.1, -0.05) is 65.7 Å². The highest BCUT2D eigenvalue weighted by atomic mass is 32.2. The van der Waals surface area contributed by atoms with Crippen molar-refractivity contribution in [3.63, 3.8) is 0 Å². The first-order valence-corrected chi connectivity index (χ1v) is 14.3. The highest BCUT2D eigenvalue weighted by molar-refractivity contribution is 7.89. The summed E-state index contributed by atoms with van der Waals surface area (Å²) in [4.78, 5) is 13.0. The van der Waals surface area contributed by atoms with Crippen LogP contribution in [0.2, 0.25) is 0 Å². The summed E-state index contributed by atoms with van der Waals surface area (Å²) in [5, 5.41) is 4.14. The van der Waals surface area contributed by atoms with Gasteiger partial charge in [0.1, 0.15) is 0 Å². The molecule has 0 saturated heterocycles. The molecule has 4 aromatic rings. The van der Waals surface area contributed by atoms with Gasteiger partial charge >= 0.3 is 0 Å². The number of hydrogen-bond donors (Lipinski definition) is 1. The lowest BCUT2D eigenvalue weighted by atomic mass is 10.1. The van der Waals surface area contributed by atoms with Gasteiger partial charge in [-0.05, 0) is 70.0 Å². The third kappa shape index (κ3) is 6.90. The molecule has 0 aliphatic heterocycles. The second-order valence-electron chi connectivity index (χ2n) is 9.68. The van der Waals surface area contributed by atoms with Crippen molar-refractivity contribution in [1.82, 2.24) is 14.3 Å². The zero-order valence-electron chi connectivity index (χ0n) is 22.8. The maximum Gasteiger partial charge on any atom is 0.255 e. The van der Waals surface area contributed by atoms with Crippen molar-refractivity contribution in [3.05, 3.63) is 119 Å². The van der Waals surface area contributed by atoms with Gasteiger partial charge in [-0.15, -0.1) is 0 Å². The Morgan fingerprint density at radius 2 is 1.51 bits per heavy atom. The largest absolute Gasteiger partial charge is 0.318 e. The second-order valence-corrected chi connectivity index (χ2v) is 11.6. The van der Waals surface area contributed by atoms with Crippen molar-refractivity contribution in [2.24, 2.45) is 5.10 Å². The molecule has 0 bridgehead atoms. The molecule has 0 aliphatic rings. The monoisotopic (exact) mass is 542 g/mol. The maximum absolute atomic E-state index is 13.4. The van der Waals surface area contributed by atoms with E-state index in [1.54, 1.807) is 30.5 Å². The fourth-order valence-electron chi connectivity index (χ4n) is 4.42. The Morgan fingerprint density at radius 1 is 0.897 bits per heavy atom. The SMILES string of the molecule is Cc1ccc(-n2c(C)cc(/C=N\NC(=O)CN(CCc3ccccc3)S(=O)(=O)c3ccc(C)cc3)c2C)cc1. The first-order chi connectivity index (χ1) is 18.6. The van der Waals surface area contributed by atoms with Crippen LogP contribution in [-0.2, 0) is 21.2 Å². The number of hydrogen-bond acceptors (Lipinski definition) is 4. The van der Waals surface area contributed by atoms with Gasteiger partial charge in [0.2, 0.25) is 10.0 Å². The molecule has 1 aromatic heterocycles. The van der Waals surface area contributed by atoms with Crippen molar-refractivity contribution in [1.29, 1.82) is 0 Å². The van der Waals surface area contributed by atoms with Gasteiger partial charge in [-0.2, -0.15) is 9.41 Å². The summed E-state index contributed by atoms with van der Waals surface area (Å²) < 4.78 is 30.2. The summed E-state index contributed by atoms with van der Waals surface area (Å²) in [6, 6.07) is 26.5. The van der Waals surface area contributed by atoms with Gasteiger partial charge in [-0.3, -0.25) is 4.79 Å². The molecule has 4 rings (SSSR count). The van der Waals surface area contributed by atoms with Crippen LogP contribution in [0.15, 0.2) is 94.9 Å². The van der Waals surface area contributed by atoms with E-state index in [1.807, 2.05) is 57.2 Å². The Bertz CT molecular complexity index is 1560. The van der Waals surface area contributed by atoms with Crippen molar-refractivity contribution in [2.75, 3.05) is 13.1 Å². The van der Waals surface area contributed by atoms with Crippen LogP contribution in [0, 0.1) is 27.7 Å². The van der Waals surface area contributed by atoms with Gasteiger partial charge < -0.3 is 4.57 Å². The molecular formula is C31H34N4O3S. The zero-order chi connectivity index (χ0) is 28.0. The molecule has 0 radical (unpaired) electrons. The smallest absolute Gasteiger partial charge is 0.255 e. The highest BCUT2D eigenvalue weighted by Crippen LogP contribution is 2.20. The van der Waals surface area contributed by atoms with Crippen LogP contribution in [0.3, 0.4) is 0 Å². The summed E-state index contributed by atoms with van der Waals surface area (Å²) in [6.07, 6.45) is 2.07. The highest BCUT2D eigenvalue weighted by Gasteiger charge is 2.26. The summed E-state index contributed by atoms with van der Waals surface area (Å²) in [5.74, 6) is -0.512. The lowest BCUT2D eigenvalue weighted by molar-refractivity contribution is -0.121. The molecule has 8 heteroatoms. The predicted octanol–water partition coefficient (Wildman–Crippen LogP) is 5.09. The van der Waals surface area contributed by atoms with Gasteiger partial charge in [0.25, 0.3) is 5.91 Å². The number of hydrazone groups is 1. The van der Waals surface area contributed by atoms with E-state index >= 15 is 0 Å². The van der Waals surface area contributed by atoms with Gasteiger partial charge in [0.05, 0.1) is 17.7 Å². The number of aryl methyl sites for hydroxylation is 3. The van der Waals surface area contributed by atoms with E-state index in [4.69, 9.17) is 0 Å². The number of aromatic nitrogens is 1. The normalized spacial score (nSPS) is 11.8. The van der Waals surface area contributed by atoms with Crippen LogP contribution in [0.4, 0.5) is 0 Å². The van der Waals surface area contributed by atoms with Crippen LogP contribution in [0.1, 0.15) is 33.6 Å². The van der Waals surface area contributed by atoms with Crippen LogP contribution in [0.5, 0.6) is 0 Å². The quantitative estimate of drug-likeness (QED) is 0.224. The number of benzene rings is 3. The van der Waals surface area contributed by atoms with Crippen molar-refractivity contribution in [3.8, 4) is 5.69 Å². The average Bonchev–Trinajstić information content (AvgIpc) is 3.20. The molecule has 0 spiro atoms. The molecule has 3 aromatic carbocycles. The molecule has 202 valence electrons. The minimum atomic E-state index is -3.89. The lowest BCUT2D eigenvalue weighted by Gasteiger charge is -2.21. The zero-order valence-corrected chi connectivity index (χ0v) is 23.6. The topological polar surface area (TPSA) is 83.8 Å². The molecule has 7 nitrogen and oxygen atoms in total. The van der Waals surface area contributed by atoms with E-state index in [9.17, 15) is 13.2 Å². The molecular weight excluding hydrogens is 508 g/mol. The average molecular weight is 543 g/mol. The number of nitrogens with zero attached hydrogens (tertiary/aromatic N) is 3. The minimum Gasteiger partial charge on any atom is -0.318 e. The second kappa shape index (κ2) is 12.2. The van der Waals surface area contributed by atoms with E-state index in [0.29, 0.717) is 6.42 Å². The molecule has 1 amide bonds. The first-order valence-electron chi connectivity index (χ1n) is 12.8. The molecule has 0 unspecified atom stereocenters. The number of rotatable bonds is 10. The Hall–Kier alpha value is -4.01. The Balaban J connectivity index is 1.48. The van der Waals surface area contributed by atoms with E-state index in [0.717, 1.165) is 33.8 Å². The van der Waals surface area contributed by atoms with Crippen molar-refractivity contribution >= 4 is 22.1 Å². The summed E-state index contributed by atoms with van der Waals surface area (Å²) in [7, 11) is -3.89. The van der Waals surface area contributed by atoms with Crippen LogP contribution >= 0.6 is 0 Å². The van der Waals surface area contributed by atoms with Crippen LogP contribution in [0.25, 0.3) is 5.69 Å². The number of amides is 1. The standard InChI is InChI=1S/C31H34N4O3S/c1-23-10-14-29(15-11-23)35-25(3)20-28(26(35)4)21-32-33-31(36)22-34(19-18-27-8-6-5-7-9-27)39(37,38)30-16-12-24(2)13-17-30/h5-17,20-21H,18-19,22H2,1-4H3,(H,33,36)/b32-21-. The van der Waals surface area contributed by atoms with Crippen molar-refractivity contribution in [2.45, 2.75) is 39.0 Å². The maximum atomic E-state index is 13.4. The Morgan fingerprint density at radius 3 is 2.15 bits per heavy atom. The van der Waals surface area contributed by atoms with Crippen molar-refractivity contribution < 1.29 is 13.2 Å². The Kier molecular flexibility index (Phi) is 8.79. The van der Waals surface area contributed by atoms with E-state index in [1.165, 1.54) is 9.87 Å². The molecule has 0 aliphatic carbocycles. The fourth-order valence-corrected chi connectivity index (χ4v) is 5.82. The summed E-state index contributed by atoms with van der Waals surface area (Å²) in [5.41, 5.74) is 9.59. The van der Waals surface area contributed by atoms with E-state index < -0.39 is 15.9 Å². The van der Waals surface area contributed by atoms with Gasteiger partial charge in [0, 0.05) is 29.2 Å². The van der Waals surface area contributed by atoms with Crippen LogP contribution in [-0.4, -0.2) is 42.5 Å². The number of nitrogens with one attached hydrogen (secondary N) is 1. The third-order valence-electron chi connectivity index (χ3n) is 6.63. The Labute approximate surface area is 230 Å². The number of carbonyl (C=O) groups excluding carboxylic acids is 1. The molecule has 1 heterocycles. The minimum absolute atomic E-state index is 0.154. The fraction of sp³-hybridized carbons (Fsp3) is 0.226.